The van der Waals surface area contributed by atoms with Crippen molar-refractivity contribution < 1.29 is 19.4 Å². The Morgan fingerprint density at radius 2 is 1.94 bits per heavy atom. The summed E-state index contributed by atoms with van der Waals surface area (Å²) in [6.07, 6.45) is 1.24. The molecule has 34 heavy (non-hydrogen) atoms. The summed E-state index contributed by atoms with van der Waals surface area (Å²) in [6, 6.07) is 16.2. The number of rotatable bonds is 9. The number of aromatic nitrogens is 3. The van der Waals surface area contributed by atoms with E-state index in [1.807, 2.05) is 43.3 Å². The first-order valence-electron chi connectivity index (χ1n) is 11.4. The minimum absolute atomic E-state index is 0.0897. The zero-order chi connectivity index (χ0) is 24.1. The van der Waals surface area contributed by atoms with Crippen LogP contribution in [0.25, 0.3) is 0 Å². The first-order chi connectivity index (χ1) is 16.5. The molecule has 1 aliphatic rings. The molecule has 3 aromatic rings. The van der Waals surface area contributed by atoms with Gasteiger partial charge in [-0.3, -0.25) is 9.36 Å². The highest BCUT2D eigenvalue weighted by Crippen LogP contribution is 2.26. The van der Waals surface area contributed by atoms with Crippen LogP contribution < -0.4 is 10.4 Å². The molecule has 4 rings (SSSR count). The molecule has 0 bridgehead atoms. The van der Waals surface area contributed by atoms with Crippen molar-refractivity contribution in [3.8, 4) is 5.75 Å². The van der Waals surface area contributed by atoms with Crippen LogP contribution >= 0.6 is 0 Å². The normalized spacial score (nSPS) is 16.4. The summed E-state index contributed by atoms with van der Waals surface area (Å²) in [5.74, 6) is -0.137. The van der Waals surface area contributed by atoms with Crippen LogP contribution in [-0.4, -0.2) is 49.2 Å². The number of likely N-dealkylation sites (tertiary alicyclic amines) is 1. The fourth-order valence-electron chi connectivity index (χ4n) is 4.39. The number of aliphatic carboxylic acids is 1. The van der Waals surface area contributed by atoms with Crippen LogP contribution in [0.5, 0.6) is 5.75 Å². The van der Waals surface area contributed by atoms with Gasteiger partial charge in [0.1, 0.15) is 11.8 Å². The number of carbonyl (C=O) groups is 2. The number of amides is 1. The van der Waals surface area contributed by atoms with Crippen molar-refractivity contribution in [2.24, 2.45) is 0 Å². The first-order valence-corrected chi connectivity index (χ1v) is 11.4. The van der Waals surface area contributed by atoms with Crippen LogP contribution in [0, 0.1) is 0 Å². The zero-order valence-electron chi connectivity index (χ0n) is 19.0. The molecule has 2 atom stereocenters. The average molecular weight is 465 g/mol. The van der Waals surface area contributed by atoms with E-state index >= 15 is 0 Å². The van der Waals surface area contributed by atoms with Crippen molar-refractivity contribution in [3.05, 3.63) is 82.0 Å². The van der Waals surface area contributed by atoms with Crippen LogP contribution in [0.3, 0.4) is 0 Å². The molecule has 0 aliphatic carbocycles. The molecule has 0 spiro atoms. The van der Waals surface area contributed by atoms with Crippen molar-refractivity contribution in [3.63, 3.8) is 0 Å². The summed E-state index contributed by atoms with van der Waals surface area (Å²) < 4.78 is 7.85. The average Bonchev–Trinajstić information content (AvgIpc) is 3.46. The van der Waals surface area contributed by atoms with Gasteiger partial charge in [-0.1, -0.05) is 42.5 Å². The molecule has 2 N–H and O–H groups in total. The Morgan fingerprint density at radius 3 is 2.68 bits per heavy atom. The molecule has 1 amide bonds. The quantitative estimate of drug-likeness (QED) is 0.503. The molecule has 9 nitrogen and oxygen atoms in total. The Kier molecular flexibility index (Phi) is 7.10. The van der Waals surface area contributed by atoms with Gasteiger partial charge in [-0.05, 0) is 43.0 Å². The van der Waals surface area contributed by atoms with Gasteiger partial charge in [-0.2, -0.15) is 5.10 Å². The number of hydrogen-bond donors (Lipinski definition) is 2. The van der Waals surface area contributed by atoms with Crippen molar-refractivity contribution in [2.45, 2.75) is 51.3 Å². The number of ether oxygens (including phenoxy) is 1. The predicted molar refractivity (Wildman–Crippen MR) is 125 cm³/mol. The molecule has 1 aromatic heterocycles. The van der Waals surface area contributed by atoms with Gasteiger partial charge in [0.25, 0.3) is 0 Å². The van der Waals surface area contributed by atoms with Gasteiger partial charge in [0, 0.05) is 19.5 Å². The van der Waals surface area contributed by atoms with E-state index in [0.29, 0.717) is 43.9 Å². The number of nitrogens with one attached hydrogen (secondary N) is 1. The second kappa shape index (κ2) is 10.4. The molecule has 2 heterocycles. The van der Waals surface area contributed by atoms with Crippen LogP contribution in [0.4, 0.5) is 0 Å². The minimum atomic E-state index is -0.965. The Morgan fingerprint density at radius 1 is 1.18 bits per heavy atom. The maximum atomic E-state index is 12.8. The van der Waals surface area contributed by atoms with E-state index in [9.17, 15) is 19.5 Å². The van der Waals surface area contributed by atoms with Gasteiger partial charge in [-0.25, -0.2) is 14.7 Å². The van der Waals surface area contributed by atoms with Crippen LogP contribution in [0.2, 0.25) is 0 Å². The molecule has 2 unspecified atom stereocenters. The van der Waals surface area contributed by atoms with Gasteiger partial charge < -0.3 is 14.7 Å². The molecule has 9 heteroatoms. The Bertz CT molecular complexity index is 1200. The Hall–Kier alpha value is -3.88. The monoisotopic (exact) mass is 464 g/mol. The van der Waals surface area contributed by atoms with Crippen LogP contribution in [0.15, 0.2) is 59.4 Å². The minimum Gasteiger partial charge on any atom is -0.482 e. The number of carboxylic acids is 1. The second-order valence-corrected chi connectivity index (χ2v) is 8.34. The SMILES string of the molecule is CCn1c(C(Cc2ccccc2)Oc2cccc(CC(=O)N3CCCC3C(=O)O)c2)n[nH]c1=O. The van der Waals surface area contributed by atoms with E-state index in [1.165, 1.54) is 4.90 Å². The fraction of sp³-hybridized carbons (Fsp3) is 0.360. The third-order valence-electron chi connectivity index (χ3n) is 6.05. The third-order valence-corrected chi connectivity index (χ3v) is 6.05. The molecule has 1 aliphatic heterocycles. The van der Waals surface area contributed by atoms with E-state index in [0.717, 1.165) is 11.1 Å². The Labute approximate surface area is 197 Å². The van der Waals surface area contributed by atoms with Gasteiger partial charge in [0.05, 0.1) is 6.42 Å². The van der Waals surface area contributed by atoms with Crippen molar-refractivity contribution in [1.29, 1.82) is 0 Å². The summed E-state index contributed by atoms with van der Waals surface area (Å²) in [5.41, 5.74) is 1.47. The van der Waals surface area contributed by atoms with Gasteiger partial charge in [0.2, 0.25) is 5.91 Å². The zero-order valence-corrected chi connectivity index (χ0v) is 19.0. The number of carboxylic acid groups (broad SMARTS) is 1. The lowest BCUT2D eigenvalue weighted by Crippen LogP contribution is -2.41. The molecule has 1 fully saturated rings. The first kappa shape index (κ1) is 23.3. The topological polar surface area (TPSA) is 118 Å². The molecule has 1 saturated heterocycles. The van der Waals surface area contributed by atoms with Crippen molar-refractivity contribution >= 4 is 11.9 Å². The molecule has 2 aromatic carbocycles. The number of aromatic amines is 1. The third kappa shape index (κ3) is 5.19. The summed E-state index contributed by atoms with van der Waals surface area (Å²) in [6.45, 7) is 2.78. The largest absolute Gasteiger partial charge is 0.482 e. The highest BCUT2D eigenvalue weighted by atomic mass is 16.5. The van der Waals surface area contributed by atoms with Crippen molar-refractivity contribution in [1.82, 2.24) is 19.7 Å². The lowest BCUT2D eigenvalue weighted by Gasteiger charge is -2.22. The van der Waals surface area contributed by atoms with Gasteiger partial charge >= 0.3 is 11.7 Å². The highest BCUT2D eigenvalue weighted by Gasteiger charge is 2.33. The molecular weight excluding hydrogens is 436 g/mol. The lowest BCUT2D eigenvalue weighted by molar-refractivity contribution is -0.148. The van der Waals surface area contributed by atoms with Gasteiger partial charge in [-0.15, -0.1) is 0 Å². The number of nitrogens with zero attached hydrogens (tertiary/aromatic N) is 3. The van der Waals surface area contributed by atoms with E-state index in [2.05, 4.69) is 10.2 Å². The Balaban J connectivity index is 1.55. The van der Waals surface area contributed by atoms with E-state index in [4.69, 9.17) is 4.74 Å². The molecule has 178 valence electrons. The number of hydrogen-bond acceptors (Lipinski definition) is 5. The fourth-order valence-corrected chi connectivity index (χ4v) is 4.39. The number of benzene rings is 2. The standard InChI is InChI=1S/C25H28N4O5/c1-2-28-23(26-27-25(28)33)21(15-17-8-4-3-5-9-17)34-19-11-6-10-18(14-19)16-22(30)29-13-7-12-20(29)24(31)32/h3-6,8-11,14,20-21H,2,7,12-13,15-16H2,1H3,(H,27,33)(H,31,32). The number of carbonyl (C=O) groups excluding carboxylic acids is 1. The maximum absolute atomic E-state index is 12.8. The summed E-state index contributed by atoms with van der Waals surface area (Å²) in [5, 5.41) is 16.1. The lowest BCUT2D eigenvalue weighted by atomic mass is 10.1. The molecule has 0 saturated carbocycles. The molecule has 0 radical (unpaired) electrons. The molecular formula is C25H28N4O5. The number of H-pyrrole nitrogens is 1. The van der Waals surface area contributed by atoms with E-state index in [1.54, 1.807) is 22.8 Å². The maximum Gasteiger partial charge on any atom is 0.343 e. The van der Waals surface area contributed by atoms with E-state index in [-0.39, 0.29) is 18.0 Å². The highest BCUT2D eigenvalue weighted by molar-refractivity contribution is 5.85. The van der Waals surface area contributed by atoms with Crippen LogP contribution in [0.1, 0.15) is 42.8 Å². The second-order valence-electron chi connectivity index (χ2n) is 8.34. The van der Waals surface area contributed by atoms with Crippen LogP contribution in [-0.2, 0) is 29.0 Å². The summed E-state index contributed by atoms with van der Waals surface area (Å²) in [4.78, 5) is 37.8. The summed E-state index contributed by atoms with van der Waals surface area (Å²) in [7, 11) is 0. The predicted octanol–water partition coefficient (Wildman–Crippen LogP) is 2.57. The van der Waals surface area contributed by atoms with Gasteiger partial charge in [0.15, 0.2) is 11.9 Å². The summed E-state index contributed by atoms with van der Waals surface area (Å²) >= 11 is 0. The van der Waals surface area contributed by atoms with Crippen molar-refractivity contribution in [2.75, 3.05) is 6.54 Å². The smallest absolute Gasteiger partial charge is 0.343 e. The van der Waals surface area contributed by atoms with E-state index < -0.39 is 18.1 Å².